The van der Waals surface area contributed by atoms with E-state index in [0.29, 0.717) is 5.82 Å². The second-order valence-corrected chi connectivity index (χ2v) is 15.4. The van der Waals surface area contributed by atoms with Gasteiger partial charge in [-0.05, 0) is 115 Å². The summed E-state index contributed by atoms with van der Waals surface area (Å²) in [6, 6.07) is 68.0. The van der Waals surface area contributed by atoms with Crippen molar-refractivity contribution in [3.8, 4) is 78.5 Å². The highest BCUT2D eigenvalue weighted by molar-refractivity contribution is 6.01. The lowest BCUT2D eigenvalue weighted by Crippen LogP contribution is -2.29. The summed E-state index contributed by atoms with van der Waals surface area (Å²) >= 11 is 0. The summed E-state index contributed by atoms with van der Waals surface area (Å²) in [5.74, 6) is 0.665. The number of nitrogens with zero attached hydrogens (tertiary/aromatic N) is 4. The lowest BCUT2D eigenvalue weighted by atomic mass is 9.65. The maximum Gasteiger partial charge on any atom is 0.160 e. The van der Waals surface area contributed by atoms with Crippen molar-refractivity contribution in [1.29, 1.82) is 0 Å². The number of hydrogen-bond acceptors (Lipinski definition) is 4. The lowest BCUT2D eigenvalue weighted by molar-refractivity contribution is 0.777. The van der Waals surface area contributed by atoms with Gasteiger partial charge in [-0.15, -0.1) is 0 Å². The van der Waals surface area contributed by atoms with E-state index in [2.05, 4.69) is 157 Å². The van der Waals surface area contributed by atoms with Gasteiger partial charge in [0.1, 0.15) is 0 Å². The van der Waals surface area contributed by atoms with Crippen molar-refractivity contribution in [3.05, 3.63) is 229 Å². The minimum atomic E-state index is -0.624. The van der Waals surface area contributed by atoms with Gasteiger partial charge in [0.15, 0.2) is 5.82 Å². The first kappa shape index (κ1) is 33.3. The van der Waals surface area contributed by atoms with Crippen LogP contribution in [0.5, 0.6) is 0 Å². The zero-order valence-electron chi connectivity index (χ0n) is 31.9. The van der Waals surface area contributed by atoms with E-state index in [-0.39, 0.29) is 0 Å². The Balaban J connectivity index is 1.15. The zero-order chi connectivity index (χ0) is 38.9. The average molecular weight is 751 g/mol. The summed E-state index contributed by atoms with van der Waals surface area (Å²) in [5.41, 5.74) is 18.3. The Morgan fingerprint density at radius 2 is 0.881 bits per heavy atom. The van der Waals surface area contributed by atoms with Gasteiger partial charge < -0.3 is 0 Å². The molecule has 0 saturated heterocycles. The van der Waals surface area contributed by atoms with Crippen LogP contribution in [0.3, 0.4) is 0 Å². The molecule has 12 rings (SSSR count). The molecule has 2 aliphatic rings. The standard InChI is InChI=1S/C55H34N4/c1-2-13-35(14-3-1)54-58-52(32-53(59-54)40-25-27-51(57-34-40)39-17-12-28-56-33-39)38-24-26-45-42-19-7-6-18-41(42)43-20-8-10-22-47(43)55(49(45)31-38)48-23-11-9-21-44(48)46-29-36-15-4-5-16-37(36)30-50(46)55/h1-34H. The molecule has 274 valence electrons. The van der Waals surface area contributed by atoms with Gasteiger partial charge in [0.2, 0.25) is 0 Å². The quantitative estimate of drug-likeness (QED) is 0.180. The minimum absolute atomic E-state index is 0.624. The van der Waals surface area contributed by atoms with Crippen LogP contribution in [0.1, 0.15) is 22.3 Å². The highest BCUT2D eigenvalue weighted by Gasteiger charge is 2.50. The molecule has 4 heteroatoms. The number of hydrogen-bond donors (Lipinski definition) is 0. The molecule has 7 aromatic carbocycles. The molecule has 3 heterocycles. The fourth-order valence-electron chi connectivity index (χ4n) is 9.63. The lowest BCUT2D eigenvalue weighted by Gasteiger charge is -2.35. The topological polar surface area (TPSA) is 51.6 Å². The third-order valence-corrected chi connectivity index (χ3v) is 12.2. The molecule has 0 fully saturated rings. The van der Waals surface area contributed by atoms with Crippen LogP contribution in [0.4, 0.5) is 0 Å². The van der Waals surface area contributed by atoms with Crippen molar-refractivity contribution in [1.82, 2.24) is 19.9 Å². The van der Waals surface area contributed by atoms with Crippen LogP contribution in [0.2, 0.25) is 0 Å². The molecule has 0 radical (unpaired) electrons. The van der Waals surface area contributed by atoms with Gasteiger partial charge in [0.05, 0.1) is 22.5 Å². The fourth-order valence-corrected chi connectivity index (χ4v) is 9.63. The maximum atomic E-state index is 5.33. The Morgan fingerprint density at radius 1 is 0.322 bits per heavy atom. The van der Waals surface area contributed by atoms with Crippen molar-refractivity contribution in [2.45, 2.75) is 5.41 Å². The predicted octanol–water partition coefficient (Wildman–Crippen LogP) is 13.1. The first-order valence-corrected chi connectivity index (χ1v) is 20.0. The van der Waals surface area contributed by atoms with Crippen LogP contribution >= 0.6 is 0 Å². The highest BCUT2D eigenvalue weighted by Crippen LogP contribution is 2.62. The molecule has 0 bridgehead atoms. The van der Waals surface area contributed by atoms with Crippen LogP contribution in [-0.4, -0.2) is 19.9 Å². The molecule has 0 aliphatic heterocycles. The van der Waals surface area contributed by atoms with E-state index in [4.69, 9.17) is 15.0 Å². The summed E-state index contributed by atoms with van der Waals surface area (Å²) < 4.78 is 0. The number of pyridine rings is 2. The molecule has 0 N–H and O–H groups in total. The summed E-state index contributed by atoms with van der Waals surface area (Å²) in [5, 5.41) is 2.47. The number of rotatable bonds is 4. The highest BCUT2D eigenvalue weighted by atomic mass is 14.9. The Labute approximate surface area is 342 Å². The first-order chi connectivity index (χ1) is 29.2. The van der Waals surface area contributed by atoms with Gasteiger partial charge in [-0.25, -0.2) is 9.97 Å². The monoisotopic (exact) mass is 750 g/mol. The zero-order valence-corrected chi connectivity index (χ0v) is 31.9. The third kappa shape index (κ3) is 5.10. The van der Waals surface area contributed by atoms with E-state index in [9.17, 15) is 0 Å². The Kier molecular flexibility index (Phi) is 7.41. The van der Waals surface area contributed by atoms with Crippen molar-refractivity contribution in [2.24, 2.45) is 0 Å². The van der Waals surface area contributed by atoms with E-state index in [0.717, 1.165) is 39.3 Å². The van der Waals surface area contributed by atoms with E-state index in [1.807, 2.05) is 48.8 Å². The fraction of sp³-hybridized carbons (Fsp3) is 0.0182. The van der Waals surface area contributed by atoms with Gasteiger partial charge in [-0.1, -0.05) is 140 Å². The second-order valence-electron chi connectivity index (χ2n) is 15.4. The van der Waals surface area contributed by atoms with Crippen molar-refractivity contribution >= 4 is 10.8 Å². The van der Waals surface area contributed by atoms with Gasteiger partial charge in [-0.2, -0.15) is 0 Å². The third-order valence-electron chi connectivity index (χ3n) is 12.2. The SMILES string of the molecule is c1ccc(-c2nc(-c3ccc(-c4cccnc4)nc3)cc(-c3ccc4c(c3)C3(c5ccccc5-c5ccccc5-4)c4ccccc4-c4cc5ccccc5cc43)n2)cc1. The molecule has 2 aliphatic carbocycles. The molecule has 1 spiro atoms. The van der Waals surface area contributed by atoms with E-state index in [1.54, 1.807) is 6.20 Å². The normalized spacial score (nSPS) is 14.5. The van der Waals surface area contributed by atoms with Gasteiger partial charge in [0, 0.05) is 40.8 Å². The van der Waals surface area contributed by atoms with E-state index >= 15 is 0 Å². The molecule has 4 nitrogen and oxygen atoms in total. The predicted molar refractivity (Wildman–Crippen MR) is 239 cm³/mol. The smallest absolute Gasteiger partial charge is 0.160 e. The molecule has 59 heavy (non-hydrogen) atoms. The Hall–Kier alpha value is -7.82. The number of fused-ring (bicyclic) bond motifs is 13. The Morgan fingerprint density at radius 3 is 1.58 bits per heavy atom. The molecule has 0 saturated carbocycles. The molecule has 0 amide bonds. The van der Waals surface area contributed by atoms with Gasteiger partial charge in [0.25, 0.3) is 0 Å². The van der Waals surface area contributed by atoms with Crippen LogP contribution in [0.25, 0.3) is 89.3 Å². The summed E-state index contributed by atoms with van der Waals surface area (Å²) in [6.07, 6.45) is 5.52. The van der Waals surface area contributed by atoms with Crippen LogP contribution in [0.15, 0.2) is 207 Å². The van der Waals surface area contributed by atoms with Gasteiger partial charge in [-0.3, -0.25) is 9.97 Å². The second kappa shape index (κ2) is 13.1. The van der Waals surface area contributed by atoms with Crippen LogP contribution in [-0.2, 0) is 5.41 Å². The van der Waals surface area contributed by atoms with Crippen LogP contribution in [0, 0.1) is 0 Å². The van der Waals surface area contributed by atoms with Crippen molar-refractivity contribution < 1.29 is 0 Å². The van der Waals surface area contributed by atoms with E-state index in [1.165, 1.54) is 66.4 Å². The molecule has 1 atom stereocenters. The minimum Gasteiger partial charge on any atom is -0.264 e. The Bertz CT molecular complexity index is 3270. The molecule has 10 aromatic rings. The average Bonchev–Trinajstić information content (AvgIpc) is 3.54. The van der Waals surface area contributed by atoms with E-state index < -0.39 is 5.41 Å². The summed E-state index contributed by atoms with van der Waals surface area (Å²) in [4.78, 5) is 19.6. The van der Waals surface area contributed by atoms with Crippen molar-refractivity contribution in [3.63, 3.8) is 0 Å². The molecular weight excluding hydrogens is 717 g/mol. The van der Waals surface area contributed by atoms with Crippen molar-refractivity contribution in [2.75, 3.05) is 0 Å². The maximum absolute atomic E-state index is 5.33. The first-order valence-electron chi connectivity index (χ1n) is 20.0. The number of aromatic nitrogens is 4. The van der Waals surface area contributed by atoms with Gasteiger partial charge >= 0.3 is 0 Å². The number of benzene rings is 7. The largest absolute Gasteiger partial charge is 0.264 e. The summed E-state index contributed by atoms with van der Waals surface area (Å²) in [6.45, 7) is 0. The molecular formula is C55H34N4. The molecule has 3 aromatic heterocycles. The summed E-state index contributed by atoms with van der Waals surface area (Å²) in [7, 11) is 0. The van der Waals surface area contributed by atoms with Crippen LogP contribution < -0.4 is 0 Å². The molecule has 1 unspecified atom stereocenters.